The molecule has 0 aliphatic carbocycles. The predicted octanol–water partition coefficient (Wildman–Crippen LogP) is 3.55. The Morgan fingerprint density at radius 2 is 2.41 bits per heavy atom. The Bertz CT molecular complexity index is 937. The van der Waals surface area contributed by atoms with Crippen molar-refractivity contribution in [3.05, 3.63) is 51.8 Å². The molecule has 2 heterocycles. The maximum atomic E-state index is 13.2. The van der Waals surface area contributed by atoms with E-state index in [0.29, 0.717) is 10.9 Å². The molecule has 2 aromatic heterocycles. The summed E-state index contributed by atoms with van der Waals surface area (Å²) in [7, 11) is 0. The van der Waals surface area contributed by atoms with E-state index in [-0.39, 0.29) is 35.1 Å². The molecule has 7 heteroatoms. The molecule has 0 aliphatic rings. The van der Waals surface area contributed by atoms with Gasteiger partial charge in [-0.05, 0) is 24.6 Å². The van der Waals surface area contributed by atoms with Crippen molar-refractivity contribution in [3.63, 3.8) is 0 Å². The summed E-state index contributed by atoms with van der Waals surface area (Å²) in [6.45, 7) is 1.17. The second-order valence-electron chi connectivity index (χ2n) is 4.42. The van der Waals surface area contributed by atoms with Crippen LogP contribution in [0.5, 0.6) is 0 Å². The molecule has 1 atom stereocenters. The molecule has 22 heavy (non-hydrogen) atoms. The number of fused-ring (bicyclic) bond motifs is 1. The molecule has 0 aliphatic heterocycles. The first-order valence-electron chi connectivity index (χ1n) is 7.65. The van der Waals surface area contributed by atoms with Gasteiger partial charge >= 0.3 is 0 Å². The molecule has 2 N–H and O–H groups in total. The Morgan fingerprint density at radius 1 is 1.64 bits per heavy atom. The molecule has 0 spiro atoms. The van der Waals surface area contributed by atoms with Crippen LogP contribution in [0.25, 0.3) is 10.9 Å². The normalized spacial score (nSPS) is 14.8. The van der Waals surface area contributed by atoms with Crippen molar-refractivity contribution in [3.8, 4) is 0 Å². The molecular formula is C15H15FN2O2S2. The first-order chi connectivity index (χ1) is 11.2. The maximum absolute atomic E-state index is 13.2. The average Bonchev–Trinajstić information content (AvgIpc) is 3.08. The number of carbonyl (C=O) groups is 1. The number of hydrogen-bond donors (Lipinski definition) is 2. The molecule has 1 aromatic carbocycles. The number of aliphatic hydroxyl groups excluding tert-OH is 1. The molecule has 3 aromatic rings. The van der Waals surface area contributed by atoms with Gasteiger partial charge in [0.1, 0.15) is 5.82 Å². The zero-order chi connectivity index (χ0) is 17.6. The van der Waals surface area contributed by atoms with Crippen LogP contribution in [0.3, 0.4) is 0 Å². The molecule has 0 radical (unpaired) electrons. The van der Waals surface area contributed by atoms with Crippen LogP contribution < -0.4 is 0 Å². The molecule has 0 amide bonds. The number of nitrogens with one attached hydrogen (secondary N) is 1. The largest absolute Gasteiger partial charge is 0.387 e. The van der Waals surface area contributed by atoms with Crippen molar-refractivity contribution in [1.29, 1.82) is 0 Å². The zero-order valence-electron chi connectivity index (χ0n) is 14.5. The summed E-state index contributed by atoms with van der Waals surface area (Å²) < 4.78 is 36.1. The lowest BCUT2D eigenvalue weighted by atomic mass is 10.1. The number of aromatic nitrogens is 2. The van der Waals surface area contributed by atoms with E-state index >= 15 is 0 Å². The van der Waals surface area contributed by atoms with Crippen molar-refractivity contribution in [2.24, 2.45) is 0 Å². The summed E-state index contributed by atoms with van der Waals surface area (Å²) >= 11 is 0.768. The fraction of sp³-hybridized carbons (Fsp3) is 0.200. The van der Waals surface area contributed by atoms with Crippen LogP contribution in [0.4, 0.5) is 4.39 Å². The Kier molecular flexibility index (Phi) is 3.84. The minimum atomic E-state index is -1.98. The van der Waals surface area contributed by atoms with Gasteiger partial charge in [-0.3, -0.25) is 4.79 Å². The van der Waals surface area contributed by atoms with Crippen LogP contribution in [0.1, 0.15) is 44.6 Å². The van der Waals surface area contributed by atoms with Gasteiger partial charge in [0.2, 0.25) is 5.78 Å². The highest BCUT2D eigenvalue weighted by molar-refractivity contribution is 7.59. The molecule has 116 valence electrons. The van der Waals surface area contributed by atoms with Crippen molar-refractivity contribution in [2.45, 2.75) is 19.4 Å². The van der Waals surface area contributed by atoms with Gasteiger partial charge in [-0.1, -0.05) is 6.92 Å². The van der Waals surface area contributed by atoms with Crippen LogP contribution in [0.2, 0.25) is 0 Å². The van der Waals surface area contributed by atoms with Crippen molar-refractivity contribution in [2.75, 3.05) is 0 Å². The van der Waals surface area contributed by atoms with Crippen molar-refractivity contribution >= 4 is 41.5 Å². The van der Waals surface area contributed by atoms with E-state index in [4.69, 9.17) is 4.11 Å². The summed E-state index contributed by atoms with van der Waals surface area (Å²) in [5.41, 5.74) is 0.576. The van der Waals surface area contributed by atoms with Crippen LogP contribution in [-0.2, 0) is 0 Å². The highest BCUT2D eigenvalue weighted by Crippen LogP contribution is 2.25. The Balaban J connectivity index is 0.00000225. The number of benzene rings is 1. The smallest absolute Gasteiger partial charge is 0.223 e. The summed E-state index contributed by atoms with van der Waals surface area (Å²) in [6, 6.07) is 3.99. The number of aromatic amines is 1. The number of thiazole rings is 1. The molecule has 0 fully saturated rings. The van der Waals surface area contributed by atoms with Crippen LogP contribution in [0.15, 0.2) is 29.8 Å². The first-order valence-corrected chi connectivity index (χ1v) is 6.97. The third-order valence-corrected chi connectivity index (χ3v) is 3.87. The Labute approximate surface area is 141 Å². The van der Waals surface area contributed by atoms with Crippen LogP contribution in [-0.4, -0.2) is 20.9 Å². The van der Waals surface area contributed by atoms with E-state index in [9.17, 15) is 14.3 Å². The fourth-order valence-corrected chi connectivity index (χ4v) is 2.71. The summed E-state index contributed by atoms with van der Waals surface area (Å²) in [4.78, 5) is 19.4. The highest BCUT2D eigenvalue weighted by atomic mass is 32.1. The minimum absolute atomic E-state index is 0. The lowest BCUT2D eigenvalue weighted by molar-refractivity contribution is 0.103. The Morgan fingerprint density at radius 3 is 3.14 bits per heavy atom. The number of carbonyl (C=O) groups excluding carboxylic acids is 1. The summed E-state index contributed by atoms with van der Waals surface area (Å²) in [5, 5.41) is 10.3. The first kappa shape index (κ1) is 12.8. The number of nitrogens with zero attached hydrogens (tertiary/aromatic N) is 1. The highest BCUT2D eigenvalue weighted by Gasteiger charge is 2.19. The summed E-state index contributed by atoms with van der Waals surface area (Å²) in [5.74, 6) is -0.900. The van der Waals surface area contributed by atoms with Gasteiger partial charge in [0.05, 0.1) is 18.7 Å². The van der Waals surface area contributed by atoms with Gasteiger partial charge in [-0.15, -0.1) is 11.3 Å². The fourth-order valence-electron chi connectivity index (χ4n) is 2.01. The van der Waals surface area contributed by atoms with Crippen LogP contribution >= 0.6 is 24.8 Å². The molecule has 4 nitrogen and oxygen atoms in total. The average molecular weight is 341 g/mol. The topological polar surface area (TPSA) is 66.0 Å². The van der Waals surface area contributed by atoms with Gasteiger partial charge < -0.3 is 10.1 Å². The van der Waals surface area contributed by atoms with Gasteiger partial charge in [-0.2, -0.15) is 13.5 Å². The molecule has 0 saturated heterocycles. The number of ketones is 1. The van der Waals surface area contributed by atoms with Gasteiger partial charge in [0.15, 0.2) is 5.01 Å². The molecule has 0 unspecified atom stereocenters. The summed E-state index contributed by atoms with van der Waals surface area (Å²) in [6.07, 6.45) is -2.14. The van der Waals surface area contributed by atoms with E-state index in [1.807, 2.05) is 0 Å². The molecule has 0 saturated carbocycles. The van der Waals surface area contributed by atoms with E-state index in [1.165, 1.54) is 31.3 Å². The maximum Gasteiger partial charge on any atom is 0.223 e. The standard InChI is InChI=1S/C15H13FN2O2S.H2S/c1-2-13(19)12-7-21-15(18-12)14(20)10-6-17-11-5-8(16)3-4-9(10)11;/h3-7,13,17,19H,2H2,1H3;1H2/t13-;/m0./s1/i2D2,7D;. The van der Waals surface area contributed by atoms with E-state index < -0.39 is 24.1 Å². The van der Waals surface area contributed by atoms with Crippen molar-refractivity contribution in [1.82, 2.24) is 9.97 Å². The third-order valence-electron chi connectivity index (χ3n) is 3.09. The molecule has 3 rings (SSSR count). The van der Waals surface area contributed by atoms with Crippen LogP contribution in [0, 0.1) is 5.82 Å². The van der Waals surface area contributed by atoms with E-state index in [2.05, 4.69) is 9.97 Å². The number of hydrogen-bond acceptors (Lipinski definition) is 4. The predicted molar refractivity (Wildman–Crippen MR) is 89.4 cm³/mol. The quantitative estimate of drug-likeness (QED) is 0.713. The second kappa shape index (κ2) is 6.60. The lowest BCUT2D eigenvalue weighted by Crippen LogP contribution is -2.02. The molecule has 0 bridgehead atoms. The van der Waals surface area contributed by atoms with Gasteiger partial charge in [0, 0.05) is 25.2 Å². The zero-order valence-corrected chi connectivity index (χ0v) is 13.3. The van der Waals surface area contributed by atoms with Gasteiger partial charge in [-0.25, -0.2) is 9.37 Å². The number of aliphatic hydroxyl groups is 1. The van der Waals surface area contributed by atoms with E-state index in [0.717, 1.165) is 11.3 Å². The number of H-pyrrole nitrogens is 1. The Hall–Kier alpha value is -1.70. The second-order valence-corrected chi connectivity index (χ2v) is 5.21. The van der Waals surface area contributed by atoms with Crippen molar-refractivity contribution < 1.29 is 18.4 Å². The monoisotopic (exact) mass is 341 g/mol. The van der Waals surface area contributed by atoms with E-state index in [1.54, 1.807) is 0 Å². The number of halogens is 1. The third kappa shape index (κ3) is 2.92. The van der Waals surface area contributed by atoms with Gasteiger partial charge in [0.25, 0.3) is 0 Å². The lowest BCUT2D eigenvalue weighted by Gasteiger charge is -2.01. The SMILES string of the molecule is S.[2H]c1sc(C(=O)c2c[nH]c3cc(F)ccc23)nc1[C@@H](O)C([2H])([2H])C. The number of rotatable bonds is 4. The minimum Gasteiger partial charge on any atom is -0.387 e. The molecular weight excluding hydrogens is 323 g/mol.